The average molecular weight is 369 g/mol. The van der Waals surface area contributed by atoms with Crippen molar-refractivity contribution in [2.75, 3.05) is 0 Å². The Balaban J connectivity index is 2.02. The Kier molecular flexibility index (Phi) is 3.82. The molecule has 4 rings (SSSR count). The van der Waals surface area contributed by atoms with E-state index in [2.05, 4.69) is 0 Å². The highest BCUT2D eigenvalue weighted by atomic mass is 35.5. The number of phenolic OH excluding ortho intramolecular Hbond substituents is 1. The van der Waals surface area contributed by atoms with E-state index in [9.17, 15) is 9.90 Å². The minimum Gasteiger partial charge on any atom is -0.506 e. The number of fused-ring (bicyclic) bond motifs is 1. The van der Waals surface area contributed by atoms with Crippen molar-refractivity contribution in [3.8, 4) is 5.75 Å². The van der Waals surface area contributed by atoms with Crippen LogP contribution in [0.25, 0.3) is 0 Å². The van der Waals surface area contributed by atoms with Crippen molar-refractivity contribution < 1.29 is 9.90 Å². The summed E-state index contributed by atoms with van der Waals surface area (Å²) in [7, 11) is 0. The number of carbonyl (C=O) groups is 1. The molecule has 0 aromatic heterocycles. The molecule has 2 nitrogen and oxygen atoms in total. The lowest BCUT2D eigenvalue weighted by Gasteiger charge is -2.29. The van der Waals surface area contributed by atoms with Gasteiger partial charge in [0.25, 0.3) is 0 Å². The summed E-state index contributed by atoms with van der Waals surface area (Å²) < 4.78 is 0. The van der Waals surface area contributed by atoms with Gasteiger partial charge >= 0.3 is 0 Å². The molecule has 0 fully saturated rings. The van der Waals surface area contributed by atoms with Crippen LogP contribution < -0.4 is 0 Å². The van der Waals surface area contributed by atoms with Gasteiger partial charge in [-0.05, 0) is 29.2 Å². The first-order chi connectivity index (χ1) is 12.1. The summed E-state index contributed by atoms with van der Waals surface area (Å²) in [5.41, 5.74) is 2.04. The number of benzene rings is 3. The van der Waals surface area contributed by atoms with Crippen LogP contribution in [0.5, 0.6) is 5.75 Å². The molecular weight excluding hydrogens is 355 g/mol. The maximum Gasteiger partial charge on any atom is 0.179 e. The molecule has 4 heteroatoms. The van der Waals surface area contributed by atoms with Gasteiger partial charge in [0.1, 0.15) is 10.8 Å². The van der Waals surface area contributed by atoms with Gasteiger partial charge < -0.3 is 5.11 Å². The Morgan fingerprint density at radius 1 is 0.840 bits per heavy atom. The molecule has 0 aliphatic heterocycles. The maximum absolute atomic E-state index is 13.6. The smallest absolute Gasteiger partial charge is 0.179 e. The predicted octanol–water partition coefficient (Wildman–Crippen LogP) is 5.42. The lowest BCUT2D eigenvalue weighted by Crippen LogP contribution is -2.34. The highest BCUT2D eigenvalue weighted by Crippen LogP contribution is 2.49. The second-order valence-corrected chi connectivity index (χ2v) is 6.96. The van der Waals surface area contributed by atoms with Crippen LogP contribution in [0.4, 0.5) is 0 Å². The summed E-state index contributed by atoms with van der Waals surface area (Å²) >= 11 is 12.4. The van der Waals surface area contributed by atoms with Crippen molar-refractivity contribution in [1.82, 2.24) is 0 Å². The van der Waals surface area contributed by atoms with Gasteiger partial charge in [-0.2, -0.15) is 0 Å². The van der Waals surface area contributed by atoms with Crippen LogP contribution >= 0.6 is 23.2 Å². The van der Waals surface area contributed by atoms with E-state index in [4.69, 9.17) is 23.2 Å². The van der Waals surface area contributed by atoms with Crippen LogP contribution in [-0.2, 0) is 11.8 Å². The molecule has 0 saturated carbocycles. The van der Waals surface area contributed by atoms with Crippen LogP contribution in [0.1, 0.15) is 27.0 Å². The number of rotatable bonds is 2. The van der Waals surface area contributed by atoms with E-state index in [1.165, 1.54) is 0 Å². The Bertz CT molecular complexity index is 927. The normalized spacial score (nSPS) is 15.2. The number of hydrogen-bond donors (Lipinski definition) is 1. The summed E-state index contributed by atoms with van der Waals surface area (Å²) in [5, 5.41) is 10.2. The molecule has 124 valence electrons. The summed E-state index contributed by atoms with van der Waals surface area (Å²) in [5.74, 6) is -0.193. The molecule has 0 saturated heterocycles. The molecule has 3 aromatic rings. The van der Waals surface area contributed by atoms with E-state index in [1.54, 1.807) is 6.07 Å². The number of ketones is 1. The fourth-order valence-electron chi connectivity index (χ4n) is 3.71. The molecule has 0 amide bonds. The Hall–Kier alpha value is -2.29. The first-order valence-electron chi connectivity index (χ1n) is 7.91. The third-order valence-electron chi connectivity index (χ3n) is 4.87. The third-order valence-corrected chi connectivity index (χ3v) is 5.73. The van der Waals surface area contributed by atoms with Crippen molar-refractivity contribution in [3.63, 3.8) is 0 Å². The minimum absolute atomic E-state index is 0.0192. The summed E-state index contributed by atoms with van der Waals surface area (Å²) in [6.07, 6.45) is 0.430. The predicted molar refractivity (Wildman–Crippen MR) is 99.8 cm³/mol. The fourth-order valence-corrected chi connectivity index (χ4v) is 4.16. The topological polar surface area (TPSA) is 37.3 Å². The second kappa shape index (κ2) is 5.91. The second-order valence-electron chi connectivity index (χ2n) is 6.20. The van der Waals surface area contributed by atoms with E-state index >= 15 is 0 Å². The molecule has 0 spiro atoms. The molecule has 25 heavy (non-hydrogen) atoms. The number of hydrogen-bond acceptors (Lipinski definition) is 2. The highest BCUT2D eigenvalue weighted by molar-refractivity contribution is 6.45. The number of halogens is 2. The molecular formula is C21H14Cl2O2. The van der Waals surface area contributed by atoms with E-state index in [0.29, 0.717) is 17.5 Å². The summed E-state index contributed by atoms with van der Waals surface area (Å²) in [4.78, 5) is 13.6. The van der Waals surface area contributed by atoms with Gasteiger partial charge in [-0.3, -0.25) is 4.79 Å². The van der Waals surface area contributed by atoms with Crippen molar-refractivity contribution in [1.29, 1.82) is 0 Å². The standard InChI is InChI=1S/C21H14Cl2O2/c22-18-16(24)11-13-12-21(14-7-3-1-4-8-14,15-9-5-2-6-10-15)20(25)17(13)19(18)23/h1-11,24H,12H2. The van der Waals surface area contributed by atoms with Gasteiger partial charge in [-0.25, -0.2) is 0 Å². The van der Waals surface area contributed by atoms with E-state index in [1.807, 2.05) is 60.7 Å². The number of phenols is 1. The largest absolute Gasteiger partial charge is 0.506 e. The minimum atomic E-state index is -0.869. The van der Waals surface area contributed by atoms with E-state index in [-0.39, 0.29) is 21.6 Å². The molecule has 1 aliphatic rings. The highest BCUT2D eigenvalue weighted by Gasteiger charge is 2.49. The zero-order valence-electron chi connectivity index (χ0n) is 13.2. The zero-order valence-corrected chi connectivity index (χ0v) is 14.7. The van der Waals surface area contributed by atoms with E-state index in [0.717, 1.165) is 11.1 Å². The van der Waals surface area contributed by atoms with Gasteiger partial charge in [0, 0.05) is 5.56 Å². The number of Topliss-reactive ketones (excluding diaryl/α,β-unsaturated/α-hetero) is 1. The molecule has 0 heterocycles. The number of aromatic hydroxyl groups is 1. The summed E-state index contributed by atoms with van der Waals surface area (Å²) in [6.45, 7) is 0. The van der Waals surface area contributed by atoms with Crippen molar-refractivity contribution in [3.05, 3.63) is 99.0 Å². The van der Waals surface area contributed by atoms with Gasteiger partial charge in [-0.15, -0.1) is 0 Å². The van der Waals surface area contributed by atoms with Gasteiger partial charge in [-0.1, -0.05) is 83.9 Å². The van der Waals surface area contributed by atoms with Gasteiger partial charge in [0.05, 0.1) is 10.4 Å². The first-order valence-corrected chi connectivity index (χ1v) is 8.67. The van der Waals surface area contributed by atoms with Crippen LogP contribution in [0.2, 0.25) is 10.0 Å². The average Bonchev–Trinajstić information content (AvgIpc) is 2.94. The molecule has 1 N–H and O–H groups in total. The Morgan fingerprint density at radius 2 is 1.36 bits per heavy atom. The molecule has 0 atom stereocenters. The zero-order chi connectivity index (χ0) is 17.6. The summed E-state index contributed by atoms with van der Waals surface area (Å²) in [6, 6.07) is 20.9. The number of carbonyl (C=O) groups excluding carboxylic acids is 1. The Morgan fingerprint density at radius 3 is 1.88 bits per heavy atom. The van der Waals surface area contributed by atoms with Crippen molar-refractivity contribution >= 4 is 29.0 Å². The third kappa shape index (κ3) is 2.29. The van der Waals surface area contributed by atoms with Crippen LogP contribution in [0.15, 0.2) is 66.7 Å². The quantitative estimate of drug-likeness (QED) is 0.655. The van der Waals surface area contributed by atoms with Crippen molar-refractivity contribution in [2.45, 2.75) is 11.8 Å². The van der Waals surface area contributed by atoms with Crippen molar-refractivity contribution in [2.24, 2.45) is 0 Å². The monoisotopic (exact) mass is 368 g/mol. The van der Waals surface area contributed by atoms with E-state index < -0.39 is 5.41 Å². The van der Waals surface area contributed by atoms with Crippen LogP contribution in [0.3, 0.4) is 0 Å². The van der Waals surface area contributed by atoms with Crippen LogP contribution in [0, 0.1) is 0 Å². The lowest BCUT2D eigenvalue weighted by molar-refractivity contribution is 0.0929. The molecule has 3 aromatic carbocycles. The first kappa shape index (κ1) is 16.2. The molecule has 1 aliphatic carbocycles. The molecule has 0 unspecified atom stereocenters. The fraction of sp³-hybridized carbons (Fsp3) is 0.0952. The molecule has 0 bridgehead atoms. The molecule has 0 radical (unpaired) electrons. The Labute approximate surface area is 155 Å². The van der Waals surface area contributed by atoms with Gasteiger partial charge in [0.15, 0.2) is 5.78 Å². The van der Waals surface area contributed by atoms with Crippen LogP contribution in [-0.4, -0.2) is 10.9 Å². The lowest BCUT2D eigenvalue weighted by atomic mass is 9.71. The maximum atomic E-state index is 13.6. The SMILES string of the molecule is O=C1c2c(cc(O)c(Cl)c2Cl)CC1(c1ccccc1)c1ccccc1. The van der Waals surface area contributed by atoms with Gasteiger partial charge in [0.2, 0.25) is 0 Å².